The molecule has 0 radical (unpaired) electrons. The van der Waals surface area contributed by atoms with Gasteiger partial charge in [0.25, 0.3) is 0 Å². The molecule has 2 saturated heterocycles. The SMILES string of the molecule is Cc1ccc(S(=O)(=O)N2CCN(CN3C(=O)[C@H]4CCCC[C@@H]4C3=O)CC2)cc1. The Bertz CT molecular complexity index is 836. The molecule has 1 aliphatic carbocycles. The number of hydrogen-bond acceptors (Lipinski definition) is 5. The highest BCUT2D eigenvalue weighted by Gasteiger charge is 2.48. The van der Waals surface area contributed by atoms with Crippen LogP contribution in [0.15, 0.2) is 29.2 Å². The van der Waals surface area contributed by atoms with Gasteiger partial charge in [-0.25, -0.2) is 8.42 Å². The van der Waals surface area contributed by atoms with Crippen molar-refractivity contribution in [3.63, 3.8) is 0 Å². The van der Waals surface area contributed by atoms with Crippen LogP contribution in [0.25, 0.3) is 0 Å². The van der Waals surface area contributed by atoms with E-state index >= 15 is 0 Å². The molecule has 0 unspecified atom stereocenters. The Morgan fingerprint density at radius 2 is 1.43 bits per heavy atom. The number of rotatable bonds is 4. The summed E-state index contributed by atoms with van der Waals surface area (Å²) in [6, 6.07) is 6.88. The molecule has 0 spiro atoms. The maximum atomic E-state index is 12.8. The summed E-state index contributed by atoms with van der Waals surface area (Å²) in [7, 11) is -3.51. The highest BCUT2D eigenvalue weighted by atomic mass is 32.2. The van der Waals surface area contributed by atoms with Crippen molar-refractivity contribution < 1.29 is 18.0 Å². The maximum Gasteiger partial charge on any atom is 0.243 e. The van der Waals surface area contributed by atoms with Crippen LogP contribution in [0.5, 0.6) is 0 Å². The zero-order chi connectivity index (χ0) is 19.9. The third-order valence-electron chi connectivity index (χ3n) is 6.26. The number of benzene rings is 1. The van der Waals surface area contributed by atoms with Crippen molar-refractivity contribution >= 4 is 21.8 Å². The van der Waals surface area contributed by atoms with Crippen molar-refractivity contribution in [2.45, 2.75) is 37.5 Å². The highest BCUT2D eigenvalue weighted by molar-refractivity contribution is 7.89. The second-order valence-corrected chi connectivity index (χ2v) is 10.0. The number of piperazine rings is 1. The minimum atomic E-state index is -3.51. The Hall–Kier alpha value is -1.77. The Morgan fingerprint density at radius 3 is 1.96 bits per heavy atom. The van der Waals surface area contributed by atoms with Gasteiger partial charge in [0.15, 0.2) is 0 Å². The molecule has 4 rings (SSSR count). The molecule has 1 aromatic rings. The predicted molar refractivity (Wildman–Crippen MR) is 104 cm³/mol. The van der Waals surface area contributed by atoms with Gasteiger partial charge in [0, 0.05) is 26.2 Å². The molecule has 7 nitrogen and oxygen atoms in total. The molecule has 8 heteroatoms. The minimum Gasteiger partial charge on any atom is -0.283 e. The number of likely N-dealkylation sites (tertiary alicyclic amines) is 1. The quantitative estimate of drug-likeness (QED) is 0.709. The van der Waals surface area contributed by atoms with Crippen molar-refractivity contribution in [1.29, 1.82) is 0 Å². The van der Waals surface area contributed by atoms with Crippen molar-refractivity contribution in [2.75, 3.05) is 32.8 Å². The van der Waals surface area contributed by atoms with Crippen molar-refractivity contribution in [2.24, 2.45) is 11.8 Å². The Balaban J connectivity index is 1.37. The Kier molecular flexibility index (Phi) is 5.28. The number of fused-ring (bicyclic) bond motifs is 1. The van der Waals surface area contributed by atoms with Crippen LogP contribution in [-0.4, -0.2) is 67.2 Å². The van der Waals surface area contributed by atoms with Crippen molar-refractivity contribution in [3.8, 4) is 0 Å². The molecule has 3 aliphatic rings. The van der Waals surface area contributed by atoms with E-state index in [0.717, 1.165) is 31.2 Å². The van der Waals surface area contributed by atoms with E-state index in [1.165, 1.54) is 9.21 Å². The molecule has 0 aromatic heterocycles. The van der Waals surface area contributed by atoms with E-state index in [9.17, 15) is 18.0 Å². The first kappa shape index (κ1) is 19.5. The van der Waals surface area contributed by atoms with E-state index in [4.69, 9.17) is 0 Å². The Labute approximate surface area is 166 Å². The van der Waals surface area contributed by atoms with Crippen molar-refractivity contribution in [3.05, 3.63) is 29.8 Å². The van der Waals surface area contributed by atoms with Gasteiger partial charge in [-0.1, -0.05) is 30.5 Å². The smallest absolute Gasteiger partial charge is 0.243 e. The summed E-state index contributed by atoms with van der Waals surface area (Å²) < 4.78 is 27.1. The molecule has 152 valence electrons. The molecular formula is C20H27N3O4S. The normalized spacial score (nSPS) is 27.2. The zero-order valence-corrected chi connectivity index (χ0v) is 17.0. The number of imide groups is 1. The molecule has 2 atom stereocenters. The molecule has 0 N–H and O–H groups in total. The van der Waals surface area contributed by atoms with Crippen LogP contribution in [0.4, 0.5) is 0 Å². The number of carbonyl (C=O) groups excluding carboxylic acids is 2. The van der Waals surface area contributed by atoms with Gasteiger partial charge in [-0.3, -0.25) is 19.4 Å². The van der Waals surface area contributed by atoms with E-state index in [2.05, 4.69) is 0 Å². The van der Waals surface area contributed by atoms with Gasteiger partial charge in [-0.15, -0.1) is 0 Å². The lowest BCUT2D eigenvalue weighted by Crippen LogP contribution is -2.52. The fraction of sp³-hybridized carbons (Fsp3) is 0.600. The number of aryl methyl sites for hydroxylation is 1. The molecular weight excluding hydrogens is 378 g/mol. The number of nitrogens with zero attached hydrogens (tertiary/aromatic N) is 3. The summed E-state index contributed by atoms with van der Waals surface area (Å²) in [5.74, 6) is -0.345. The van der Waals surface area contributed by atoms with Crippen LogP contribution < -0.4 is 0 Å². The van der Waals surface area contributed by atoms with E-state index in [1.807, 2.05) is 11.8 Å². The van der Waals surface area contributed by atoms with Gasteiger partial charge in [0.2, 0.25) is 21.8 Å². The van der Waals surface area contributed by atoms with Crippen LogP contribution in [0.3, 0.4) is 0 Å². The average Bonchev–Trinajstić information content (AvgIpc) is 2.94. The molecule has 1 saturated carbocycles. The third-order valence-corrected chi connectivity index (χ3v) is 8.18. The van der Waals surface area contributed by atoms with Crippen LogP contribution >= 0.6 is 0 Å². The second-order valence-electron chi connectivity index (χ2n) is 8.08. The van der Waals surface area contributed by atoms with Crippen LogP contribution in [-0.2, 0) is 19.6 Å². The van der Waals surface area contributed by atoms with Gasteiger partial charge in [-0.2, -0.15) is 4.31 Å². The lowest BCUT2D eigenvalue weighted by molar-refractivity contribution is -0.142. The fourth-order valence-corrected chi connectivity index (χ4v) is 5.96. The number of carbonyl (C=O) groups is 2. The van der Waals surface area contributed by atoms with Crippen molar-refractivity contribution in [1.82, 2.24) is 14.1 Å². The predicted octanol–water partition coefficient (Wildman–Crippen LogP) is 1.43. The van der Waals surface area contributed by atoms with Gasteiger partial charge in [-0.05, 0) is 31.9 Å². The third kappa shape index (κ3) is 3.49. The summed E-state index contributed by atoms with van der Waals surface area (Å²) in [4.78, 5) is 29.0. The first-order chi connectivity index (χ1) is 13.4. The maximum absolute atomic E-state index is 12.8. The van der Waals surface area contributed by atoms with Crippen LogP contribution in [0.1, 0.15) is 31.2 Å². The van der Waals surface area contributed by atoms with E-state index in [0.29, 0.717) is 31.1 Å². The molecule has 28 heavy (non-hydrogen) atoms. The topological polar surface area (TPSA) is 78.0 Å². The molecule has 2 aliphatic heterocycles. The van der Waals surface area contributed by atoms with Gasteiger partial charge in [0.1, 0.15) is 0 Å². The standard InChI is InChI=1S/C20H27N3O4S/c1-15-6-8-16(9-7-15)28(26,27)22-12-10-21(11-13-22)14-23-19(24)17-4-2-3-5-18(17)20(23)25/h6-9,17-18H,2-5,10-14H2,1H3/t17-,18-/m0/s1. The van der Waals surface area contributed by atoms with E-state index in [1.54, 1.807) is 24.3 Å². The molecule has 2 amide bonds. The highest BCUT2D eigenvalue weighted by Crippen LogP contribution is 2.38. The lowest BCUT2D eigenvalue weighted by atomic mass is 9.81. The zero-order valence-electron chi connectivity index (χ0n) is 16.2. The minimum absolute atomic E-state index is 0.0376. The summed E-state index contributed by atoms with van der Waals surface area (Å²) >= 11 is 0. The first-order valence-corrected chi connectivity index (χ1v) is 11.5. The van der Waals surface area contributed by atoms with Gasteiger partial charge in [0.05, 0.1) is 23.4 Å². The molecule has 2 heterocycles. The largest absolute Gasteiger partial charge is 0.283 e. The lowest BCUT2D eigenvalue weighted by Gasteiger charge is -2.35. The molecule has 3 fully saturated rings. The van der Waals surface area contributed by atoms with E-state index < -0.39 is 10.0 Å². The summed E-state index contributed by atoms with van der Waals surface area (Å²) in [5, 5.41) is 0. The first-order valence-electron chi connectivity index (χ1n) is 10.0. The van der Waals surface area contributed by atoms with Crippen LogP contribution in [0, 0.1) is 18.8 Å². The molecule has 1 aromatic carbocycles. The summed E-state index contributed by atoms with van der Waals surface area (Å²) in [6.07, 6.45) is 3.66. The van der Waals surface area contributed by atoms with Crippen LogP contribution in [0.2, 0.25) is 0 Å². The second kappa shape index (κ2) is 7.57. The summed E-state index contributed by atoms with van der Waals surface area (Å²) in [5.41, 5.74) is 1.02. The number of sulfonamides is 1. The number of hydrogen-bond donors (Lipinski definition) is 0. The summed E-state index contributed by atoms with van der Waals surface area (Å²) in [6.45, 7) is 3.95. The average molecular weight is 406 g/mol. The fourth-order valence-electron chi connectivity index (χ4n) is 4.54. The van der Waals surface area contributed by atoms with E-state index in [-0.39, 0.29) is 30.3 Å². The Morgan fingerprint density at radius 1 is 0.893 bits per heavy atom. The monoisotopic (exact) mass is 405 g/mol. The molecule has 0 bridgehead atoms. The number of amides is 2. The van der Waals surface area contributed by atoms with Gasteiger partial charge < -0.3 is 0 Å². The van der Waals surface area contributed by atoms with Gasteiger partial charge >= 0.3 is 0 Å².